The molecule has 2 aliphatic rings. The Labute approximate surface area is 182 Å². The summed E-state index contributed by atoms with van der Waals surface area (Å²) in [5.74, 6) is -0.922. The highest BCUT2D eigenvalue weighted by molar-refractivity contribution is 6.46. The van der Waals surface area contributed by atoms with Gasteiger partial charge in [-0.15, -0.1) is 0 Å². The fourth-order valence-electron chi connectivity index (χ4n) is 4.68. The molecule has 1 heterocycles. The zero-order valence-electron chi connectivity index (χ0n) is 18.2. The van der Waals surface area contributed by atoms with Gasteiger partial charge in [0.2, 0.25) is 0 Å². The number of amides is 1. The van der Waals surface area contributed by atoms with Crippen molar-refractivity contribution in [3.8, 4) is 5.75 Å². The van der Waals surface area contributed by atoms with Gasteiger partial charge in [-0.2, -0.15) is 0 Å². The van der Waals surface area contributed by atoms with Crippen LogP contribution in [-0.4, -0.2) is 48.9 Å². The molecule has 0 radical (unpaired) electrons. The summed E-state index contributed by atoms with van der Waals surface area (Å²) >= 11 is 0. The average molecular weight is 421 g/mol. The lowest BCUT2D eigenvalue weighted by molar-refractivity contribution is -0.141. The molecule has 1 saturated carbocycles. The molecule has 162 valence electrons. The van der Waals surface area contributed by atoms with Crippen LogP contribution >= 0.6 is 0 Å². The minimum absolute atomic E-state index is 0.00190. The van der Waals surface area contributed by atoms with E-state index >= 15 is 0 Å². The molecule has 0 aromatic heterocycles. The van der Waals surface area contributed by atoms with Crippen LogP contribution in [0.4, 0.5) is 5.69 Å². The zero-order chi connectivity index (χ0) is 22.1. The van der Waals surface area contributed by atoms with Gasteiger partial charge in [-0.3, -0.25) is 9.59 Å². The van der Waals surface area contributed by atoms with E-state index in [4.69, 9.17) is 4.74 Å². The van der Waals surface area contributed by atoms with Crippen LogP contribution in [0.1, 0.15) is 42.9 Å². The molecule has 1 aliphatic heterocycles. The number of ether oxygens (including phenoxy) is 1. The quantitative estimate of drug-likeness (QED) is 0.448. The summed E-state index contributed by atoms with van der Waals surface area (Å²) < 4.78 is 5.39. The number of benzene rings is 2. The predicted octanol–water partition coefficient (Wildman–Crippen LogP) is 4.13. The molecule has 1 unspecified atom stereocenters. The van der Waals surface area contributed by atoms with Crippen molar-refractivity contribution >= 4 is 23.1 Å². The lowest BCUT2D eigenvalue weighted by Crippen LogP contribution is -2.37. The van der Waals surface area contributed by atoms with Crippen LogP contribution in [0.2, 0.25) is 0 Å². The Kier molecular flexibility index (Phi) is 5.72. The topological polar surface area (TPSA) is 70.1 Å². The minimum Gasteiger partial charge on any atom is -0.507 e. The summed E-state index contributed by atoms with van der Waals surface area (Å²) in [6.07, 6.45) is 3.81. The standard InChI is InChI=1S/C25H28N2O4/c1-26(2)17-14-12-16(13-15-17)22-21(23(28)19-10-6-7-11-20(19)31-3)24(29)25(30)27(22)18-8-4-5-9-18/h6-7,10-15,18,22,28H,4-5,8-9H2,1-3H3/b23-21-. The maximum absolute atomic E-state index is 13.2. The second-order valence-electron chi connectivity index (χ2n) is 8.33. The Hall–Kier alpha value is -3.28. The van der Waals surface area contributed by atoms with Crippen molar-refractivity contribution in [2.45, 2.75) is 37.8 Å². The van der Waals surface area contributed by atoms with Gasteiger partial charge in [0.15, 0.2) is 0 Å². The van der Waals surface area contributed by atoms with Crippen LogP contribution < -0.4 is 9.64 Å². The van der Waals surface area contributed by atoms with Gasteiger partial charge in [0.1, 0.15) is 11.5 Å². The van der Waals surface area contributed by atoms with Gasteiger partial charge in [-0.1, -0.05) is 37.1 Å². The SMILES string of the molecule is COc1ccccc1/C(O)=C1/C(=O)C(=O)N(C2CCCC2)C1c1ccc(N(C)C)cc1. The molecular weight excluding hydrogens is 392 g/mol. The van der Waals surface area contributed by atoms with E-state index < -0.39 is 17.7 Å². The monoisotopic (exact) mass is 420 g/mol. The first-order chi connectivity index (χ1) is 14.9. The summed E-state index contributed by atoms with van der Waals surface area (Å²) in [5.41, 5.74) is 2.36. The average Bonchev–Trinajstić information content (AvgIpc) is 3.40. The third-order valence-electron chi connectivity index (χ3n) is 6.29. The number of methoxy groups -OCH3 is 1. The van der Waals surface area contributed by atoms with Crippen LogP contribution in [0.25, 0.3) is 5.76 Å². The molecule has 1 amide bonds. The molecule has 2 aromatic carbocycles. The highest BCUT2D eigenvalue weighted by atomic mass is 16.5. The fourth-order valence-corrected chi connectivity index (χ4v) is 4.68. The van der Waals surface area contributed by atoms with Gasteiger partial charge >= 0.3 is 0 Å². The van der Waals surface area contributed by atoms with Crippen molar-refractivity contribution < 1.29 is 19.4 Å². The molecule has 2 aromatic rings. The van der Waals surface area contributed by atoms with Crippen LogP contribution in [0.5, 0.6) is 5.75 Å². The van der Waals surface area contributed by atoms with Crippen LogP contribution in [-0.2, 0) is 9.59 Å². The Morgan fingerprint density at radius 2 is 1.68 bits per heavy atom. The molecule has 0 spiro atoms. The molecular formula is C25H28N2O4. The van der Waals surface area contributed by atoms with Crippen LogP contribution in [0.3, 0.4) is 0 Å². The van der Waals surface area contributed by atoms with Crippen molar-refractivity contribution in [2.75, 3.05) is 26.1 Å². The molecule has 2 fully saturated rings. The second-order valence-corrected chi connectivity index (χ2v) is 8.33. The third kappa shape index (κ3) is 3.67. The van der Waals surface area contributed by atoms with Crippen molar-refractivity contribution in [1.82, 2.24) is 4.90 Å². The Balaban J connectivity index is 1.89. The highest BCUT2D eigenvalue weighted by Crippen LogP contribution is 2.44. The third-order valence-corrected chi connectivity index (χ3v) is 6.29. The predicted molar refractivity (Wildman–Crippen MR) is 120 cm³/mol. The molecule has 1 atom stereocenters. The number of para-hydroxylation sites is 1. The lowest BCUT2D eigenvalue weighted by Gasteiger charge is -2.31. The first kappa shape index (κ1) is 21.0. The number of likely N-dealkylation sites (tertiary alicyclic amines) is 1. The minimum atomic E-state index is -0.642. The maximum Gasteiger partial charge on any atom is 0.295 e. The van der Waals surface area contributed by atoms with Crippen LogP contribution in [0.15, 0.2) is 54.1 Å². The zero-order valence-corrected chi connectivity index (χ0v) is 18.2. The van der Waals surface area contributed by atoms with Gasteiger partial charge in [0.05, 0.1) is 24.3 Å². The normalized spacial score (nSPS) is 21.0. The number of rotatable bonds is 5. The molecule has 6 nitrogen and oxygen atoms in total. The first-order valence-electron chi connectivity index (χ1n) is 10.6. The first-order valence-corrected chi connectivity index (χ1v) is 10.6. The molecule has 0 bridgehead atoms. The Bertz CT molecular complexity index is 1020. The molecule has 1 aliphatic carbocycles. The number of carbonyl (C=O) groups is 2. The highest BCUT2D eigenvalue weighted by Gasteiger charge is 2.49. The summed E-state index contributed by atoms with van der Waals surface area (Å²) in [5, 5.41) is 11.2. The summed E-state index contributed by atoms with van der Waals surface area (Å²) in [6, 6.07) is 14.2. The second kappa shape index (κ2) is 8.46. The number of aliphatic hydroxyl groups is 1. The maximum atomic E-state index is 13.2. The molecule has 6 heteroatoms. The number of hydrogen-bond donors (Lipinski definition) is 1. The van der Waals surface area contributed by atoms with Crippen molar-refractivity contribution in [3.63, 3.8) is 0 Å². The van der Waals surface area contributed by atoms with E-state index in [1.165, 1.54) is 7.11 Å². The van der Waals surface area contributed by atoms with Gasteiger partial charge in [0, 0.05) is 25.8 Å². The number of anilines is 1. The summed E-state index contributed by atoms with van der Waals surface area (Å²) in [7, 11) is 5.43. The van der Waals surface area contributed by atoms with E-state index in [0.29, 0.717) is 11.3 Å². The molecule has 31 heavy (non-hydrogen) atoms. The number of ketones is 1. The summed E-state index contributed by atoms with van der Waals surface area (Å²) in [6.45, 7) is 0. The molecule has 4 rings (SSSR count). The molecule has 1 N–H and O–H groups in total. The van der Waals surface area contributed by atoms with E-state index in [9.17, 15) is 14.7 Å². The number of carbonyl (C=O) groups excluding carboxylic acids is 2. The van der Waals surface area contributed by atoms with Crippen molar-refractivity contribution in [1.29, 1.82) is 0 Å². The smallest absolute Gasteiger partial charge is 0.295 e. The van der Waals surface area contributed by atoms with Gasteiger partial charge < -0.3 is 19.6 Å². The largest absolute Gasteiger partial charge is 0.507 e. The molecule has 1 saturated heterocycles. The van der Waals surface area contributed by atoms with E-state index in [1.54, 1.807) is 29.2 Å². The van der Waals surface area contributed by atoms with E-state index in [-0.39, 0.29) is 17.4 Å². The Morgan fingerprint density at radius 3 is 2.29 bits per heavy atom. The van der Waals surface area contributed by atoms with E-state index in [2.05, 4.69) is 0 Å². The van der Waals surface area contributed by atoms with E-state index in [1.807, 2.05) is 43.3 Å². The number of nitrogens with zero attached hydrogens (tertiary/aromatic N) is 2. The number of hydrogen-bond acceptors (Lipinski definition) is 5. The van der Waals surface area contributed by atoms with Crippen LogP contribution in [0, 0.1) is 0 Å². The van der Waals surface area contributed by atoms with Gasteiger partial charge in [-0.05, 0) is 42.7 Å². The van der Waals surface area contributed by atoms with Gasteiger partial charge in [-0.25, -0.2) is 0 Å². The summed E-state index contributed by atoms with van der Waals surface area (Å²) in [4.78, 5) is 30.0. The van der Waals surface area contributed by atoms with E-state index in [0.717, 1.165) is 36.9 Å². The number of Topliss-reactive ketones (excluding diaryl/α,β-unsaturated/α-hetero) is 1. The number of aliphatic hydroxyl groups excluding tert-OH is 1. The van der Waals surface area contributed by atoms with Gasteiger partial charge in [0.25, 0.3) is 11.7 Å². The van der Waals surface area contributed by atoms with Crippen molar-refractivity contribution in [3.05, 3.63) is 65.2 Å². The van der Waals surface area contributed by atoms with Crippen molar-refractivity contribution in [2.24, 2.45) is 0 Å². The fraction of sp³-hybridized carbons (Fsp3) is 0.360. The lowest BCUT2D eigenvalue weighted by atomic mass is 9.94. The Morgan fingerprint density at radius 1 is 1.03 bits per heavy atom.